The molecule has 1 saturated carbocycles. The van der Waals surface area contributed by atoms with E-state index in [1.54, 1.807) is 12.4 Å². The van der Waals surface area contributed by atoms with Crippen molar-refractivity contribution >= 4 is 5.91 Å². The quantitative estimate of drug-likeness (QED) is 0.917. The van der Waals surface area contributed by atoms with Crippen molar-refractivity contribution < 1.29 is 4.79 Å². The SMILES string of the molecule is CCN(C(=O)c1cncc(C)c1)C1CCCCC1CN. The van der Waals surface area contributed by atoms with Crippen molar-refractivity contribution in [1.82, 2.24) is 9.88 Å². The van der Waals surface area contributed by atoms with Crippen LogP contribution in [0.5, 0.6) is 0 Å². The molecule has 1 aromatic heterocycles. The first kappa shape index (κ1) is 15.0. The summed E-state index contributed by atoms with van der Waals surface area (Å²) in [7, 11) is 0. The van der Waals surface area contributed by atoms with E-state index in [-0.39, 0.29) is 11.9 Å². The molecule has 1 heterocycles. The summed E-state index contributed by atoms with van der Waals surface area (Å²) in [5, 5.41) is 0. The molecule has 1 amide bonds. The van der Waals surface area contributed by atoms with E-state index >= 15 is 0 Å². The van der Waals surface area contributed by atoms with Gasteiger partial charge in [0.2, 0.25) is 0 Å². The van der Waals surface area contributed by atoms with Gasteiger partial charge >= 0.3 is 0 Å². The highest BCUT2D eigenvalue weighted by Crippen LogP contribution is 2.28. The first-order valence-corrected chi connectivity index (χ1v) is 7.60. The second-order valence-corrected chi connectivity index (χ2v) is 5.69. The molecule has 4 nitrogen and oxygen atoms in total. The first-order valence-electron chi connectivity index (χ1n) is 7.60. The molecule has 0 saturated heterocycles. The molecule has 110 valence electrons. The summed E-state index contributed by atoms with van der Waals surface area (Å²) in [6, 6.07) is 2.20. The number of carbonyl (C=O) groups excluding carboxylic acids is 1. The van der Waals surface area contributed by atoms with E-state index in [1.165, 1.54) is 12.8 Å². The lowest BCUT2D eigenvalue weighted by Crippen LogP contribution is -2.48. The Morgan fingerprint density at radius 1 is 1.40 bits per heavy atom. The Kier molecular flexibility index (Phi) is 5.12. The fraction of sp³-hybridized carbons (Fsp3) is 0.625. The lowest BCUT2D eigenvalue weighted by Gasteiger charge is -2.39. The number of amides is 1. The molecule has 1 aliphatic rings. The highest BCUT2D eigenvalue weighted by Gasteiger charge is 2.31. The molecule has 2 N–H and O–H groups in total. The third-order valence-corrected chi connectivity index (χ3v) is 4.30. The highest BCUT2D eigenvalue weighted by molar-refractivity contribution is 5.94. The molecule has 1 fully saturated rings. The Bertz CT molecular complexity index is 461. The van der Waals surface area contributed by atoms with Gasteiger partial charge in [-0.3, -0.25) is 9.78 Å². The molecule has 4 heteroatoms. The fourth-order valence-electron chi connectivity index (χ4n) is 3.24. The number of nitrogens with two attached hydrogens (primary N) is 1. The van der Waals surface area contributed by atoms with Gasteiger partial charge in [-0.05, 0) is 50.8 Å². The third kappa shape index (κ3) is 3.18. The summed E-state index contributed by atoms with van der Waals surface area (Å²) < 4.78 is 0. The number of carbonyl (C=O) groups is 1. The lowest BCUT2D eigenvalue weighted by molar-refractivity contribution is 0.0559. The smallest absolute Gasteiger partial charge is 0.255 e. The maximum atomic E-state index is 12.7. The normalized spacial score (nSPS) is 22.6. The molecule has 0 aliphatic heterocycles. The minimum atomic E-state index is 0.0917. The van der Waals surface area contributed by atoms with E-state index in [1.807, 2.05) is 24.8 Å². The topological polar surface area (TPSA) is 59.2 Å². The maximum Gasteiger partial charge on any atom is 0.255 e. The molecule has 0 bridgehead atoms. The van der Waals surface area contributed by atoms with Crippen molar-refractivity contribution in [3.8, 4) is 0 Å². The number of pyridine rings is 1. The predicted octanol–water partition coefficient (Wildman–Crippen LogP) is 2.37. The van der Waals surface area contributed by atoms with Crippen LogP contribution in [-0.4, -0.2) is 34.9 Å². The van der Waals surface area contributed by atoms with Crippen LogP contribution in [0, 0.1) is 12.8 Å². The molecule has 2 unspecified atom stereocenters. The molecule has 20 heavy (non-hydrogen) atoms. The zero-order chi connectivity index (χ0) is 14.5. The Balaban J connectivity index is 2.20. The summed E-state index contributed by atoms with van der Waals surface area (Å²) in [5.74, 6) is 0.527. The van der Waals surface area contributed by atoms with Crippen LogP contribution in [0.25, 0.3) is 0 Å². The average Bonchev–Trinajstić information content (AvgIpc) is 2.48. The van der Waals surface area contributed by atoms with Gasteiger partial charge in [-0.1, -0.05) is 12.8 Å². The van der Waals surface area contributed by atoms with Gasteiger partial charge in [0.1, 0.15) is 0 Å². The van der Waals surface area contributed by atoms with E-state index in [9.17, 15) is 4.79 Å². The molecule has 1 aromatic rings. The molecule has 0 radical (unpaired) electrons. The maximum absolute atomic E-state index is 12.7. The molecular formula is C16H25N3O. The van der Waals surface area contributed by atoms with Gasteiger partial charge in [-0.15, -0.1) is 0 Å². The van der Waals surface area contributed by atoms with E-state index in [4.69, 9.17) is 5.73 Å². The highest BCUT2D eigenvalue weighted by atomic mass is 16.2. The fourth-order valence-corrected chi connectivity index (χ4v) is 3.24. The molecular weight excluding hydrogens is 250 g/mol. The van der Waals surface area contributed by atoms with Crippen LogP contribution in [0.3, 0.4) is 0 Å². The van der Waals surface area contributed by atoms with Gasteiger partial charge < -0.3 is 10.6 Å². The van der Waals surface area contributed by atoms with Crippen LogP contribution in [0.4, 0.5) is 0 Å². The lowest BCUT2D eigenvalue weighted by atomic mass is 9.83. The minimum Gasteiger partial charge on any atom is -0.336 e. The Morgan fingerprint density at radius 3 is 2.80 bits per heavy atom. The van der Waals surface area contributed by atoms with E-state index in [2.05, 4.69) is 4.98 Å². The van der Waals surface area contributed by atoms with Crippen LogP contribution < -0.4 is 5.73 Å². The van der Waals surface area contributed by atoms with Crippen molar-refractivity contribution in [3.05, 3.63) is 29.6 Å². The zero-order valence-electron chi connectivity index (χ0n) is 12.5. The summed E-state index contributed by atoms with van der Waals surface area (Å²) >= 11 is 0. The van der Waals surface area contributed by atoms with Crippen LogP contribution >= 0.6 is 0 Å². The molecule has 1 aliphatic carbocycles. The van der Waals surface area contributed by atoms with Gasteiger partial charge in [-0.2, -0.15) is 0 Å². The molecule has 2 atom stereocenters. The van der Waals surface area contributed by atoms with Crippen molar-refractivity contribution in [1.29, 1.82) is 0 Å². The summed E-state index contributed by atoms with van der Waals surface area (Å²) in [4.78, 5) is 18.9. The standard InChI is InChI=1S/C16H25N3O/c1-3-19(15-7-5-4-6-13(15)9-17)16(20)14-8-12(2)10-18-11-14/h8,10-11,13,15H,3-7,9,17H2,1-2H3. The van der Waals surface area contributed by atoms with Crippen LogP contribution in [0.2, 0.25) is 0 Å². The minimum absolute atomic E-state index is 0.0917. The number of nitrogens with zero attached hydrogens (tertiary/aromatic N) is 2. The number of aryl methyl sites for hydroxylation is 1. The Hall–Kier alpha value is -1.42. The first-order chi connectivity index (χ1) is 9.67. The van der Waals surface area contributed by atoms with Gasteiger partial charge in [0.05, 0.1) is 5.56 Å². The van der Waals surface area contributed by atoms with Crippen LogP contribution in [0.15, 0.2) is 18.5 Å². The van der Waals surface area contributed by atoms with Crippen molar-refractivity contribution in [3.63, 3.8) is 0 Å². The van der Waals surface area contributed by atoms with Gasteiger partial charge in [-0.25, -0.2) is 0 Å². The monoisotopic (exact) mass is 275 g/mol. The number of hydrogen-bond acceptors (Lipinski definition) is 3. The van der Waals surface area contributed by atoms with E-state index < -0.39 is 0 Å². The predicted molar refractivity (Wildman–Crippen MR) is 80.5 cm³/mol. The van der Waals surface area contributed by atoms with Crippen molar-refractivity contribution in [2.24, 2.45) is 11.7 Å². The Morgan fingerprint density at radius 2 is 2.15 bits per heavy atom. The van der Waals surface area contributed by atoms with Crippen LogP contribution in [-0.2, 0) is 0 Å². The number of aromatic nitrogens is 1. The van der Waals surface area contributed by atoms with Gasteiger partial charge in [0.25, 0.3) is 5.91 Å². The second kappa shape index (κ2) is 6.84. The summed E-state index contributed by atoms with van der Waals surface area (Å²) in [6.45, 7) is 5.40. The third-order valence-electron chi connectivity index (χ3n) is 4.30. The van der Waals surface area contributed by atoms with Crippen molar-refractivity contribution in [2.45, 2.75) is 45.6 Å². The number of rotatable bonds is 4. The van der Waals surface area contributed by atoms with E-state index in [0.717, 1.165) is 24.9 Å². The molecule has 0 aromatic carbocycles. The number of hydrogen-bond donors (Lipinski definition) is 1. The van der Waals surface area contributed by atoms with Crippen LogP contribution in [0.1, 0.15) is 48.5 Å². The summed E-state index contributed by atoms with van der Waals surface area (Å²) in [6.07, 6.45) is 8.07. The van der Waals surface area contributed by atoms with E-state index in [0.29, 0.717) is 18.0 Å². The van der Waals surface area contributed by atoms with Gasteiger partial charge in [0, 0.05) is 25.0 Å². The molecule has 0 spiro atoms. The zero-order valence-corrected chi connectivity index (χ0v) is 12.5. The average molecular weight is 275 g/mol. The van der Waals surface area contributed by atoms with Gasteiger partial charge in [0.15, 0.2) is 0 Å². The van der Waals surface area contributed by atoms with Crippen molar-refractivity contribution in [2.75, 3.05) is 13.1 Å². The largest absolute Gasteiger partial charge is 0.336 e. The Labute approximate surface area is 121 Å². The molecule has 2 rings (SSSR count). The second-order valence-electron chi connectivity index (χ2n) is 5.69. The summed E-state index contributed by atoms with van der Waals surface area (Å²) in [5.41, 5.74) is 7.61.